The number of hydrogen-bond donors (Lipinski definition) is 1. The molecular weight excluding hydrogens is 262 g/mol. The van der Waals surface area contributed by atoms with Crippen molar-refractivity contribution < 1.29 is 4.79 Å². The maximum atomic E-state index is 11.8. The SMILES string of the molecule is CC(C)N(C)CC(=O)NCCN1CCc2ccccc2C1. The molecule has 1 aromatic rings. The zero-order valence-corrected chi connectivity index (χ0v) is 13.4. The first-order valence-electron chi connectivity index (χ1n) is 7.82. The lowest BCUT2D eigenvalue weighted by Gasteiger charge is -2.28. The van der Waals surface area contributed by atoms with Crippen molar-refractivity contribution in [2.75, 3.05) is 33.2 Å². The van der Waals surface area contributed by atoms with Crippen LogP contribution in [0.4, 0.5) is 0 Å². The van der Waals surface area contributed by atoms with Crippen LogP contribution in [0, 0.1) is 0 Å². The molecule has 0 fully saturated rings. The van der Waals surface area contributed by atoms with E-state index in [2.05, 4.69) is 48.3 Å². The standard InChI is InChI=1S/C17H27N3O/c1-14(2)19(3)13-17(21)18-9-11-20-10-8-15-6-4-5-7-16(15)12-20/h4-7,14H,8-13H2,1-3H3,(H,18,21). The van der Waals surface area contributed by atoms with E-state index in [1.54, 1.807) is 0 Å². The number of fused-ring (bicyclic) bond motifs is 1. The van der Waals surface area contributed by atoms with Crippen molar-refractivity contribution in [2.45, 2.75) is 32.9 Å². The van der Waals surface area contributed by atoms with Gasteiger partial charge in [-0.2, -0.15) is 0 Å². The van der Waals surface area contributed by atoms with E-state index in [-0.39, 0.29) is 5.91 Å². The van der Waals surface area contributed by atoms with Gasteiger partial charge in [0.05, 0.1) is 6.54 Å². The first kappa shape index (κ1) is 16.0. The largest absolute Gasteiger partial charge is 0.354 e. The van der Waals surface area contributed by atoms with Crippen LogP contribution in [-0.4, -0.2) is 55.0 Å². The van der Waals surface area contributed by atoms with Crippen LogP contribution in [0.25, 0.3) is 0 Å². The van der Waals surface area contributed by atoms with Gasteiger partial charge < -0.3 is 5.32 Å². The van der Waals surface area contributed by atoms with Gasteiger partial charge >= 0.3 is 0 Å². The number of benzene rings is 1. The quantitative estimate of drug-likeness (QED) is 0.862. The topological polar surface area (TPSA) is 35.6 Å². The predicted octanol–water partition coefficient (Wildman–Crippen LogP) is 1.50. The van der Waals surface area contributed by atoms with E-state index in [0.717, 1.165) is 32.6 Å². The fourth-order valence-corrected chi connectivity index (χ4v) is 2.56. The van der Waals surface area contributed by atoms with Crippen molar-refractivity contribution in [2.24, 2.45) is 0 Å². The van der Waals surface area contributed by atoms with Crippen LogP contribution < -0.4 is 5.32 Å². The average Bonchev–Trinajstić information content (AvgIpc) is 2.47. The molecule has 0 aliphatic carbocycles. The molecule has 2 rings (SSSR count). The average molecular weight is 289 g/mol. The summed E-state index contributed by atoms with van der Waals surface area (Å²) in [5, 5.41) is 3.02. The van der Waals surface area contributed by atoms with Crippen LogP contribution in [0.15, 0.2) is 24.3 Å². The highest BCUT2D eigenvalue weighted by Crippen LogP contribution is 2.17. The molecule has 0 unspecified atom stereocenters. The Bertz CT molecular complexity index is 473. The number of hydrogen-bond acceptors (Lipinski definition) is 3. The molecule has 0 saturated heterocycles. The summed E-state index contributed by atoms with van der Waals surface area (Å²) in [7, 11) is 1.98. The maximum Gasteiger partial charge on any atom is 0.234 e. The minimum absolute atomic E-state index is 0.114. The summed E-state index contributed by atoms with van der Waals surface area (Å²) < 4.78 is 0. The van der Waals surface area contributed by atoms with Crippen molar-refractivity contribution in [1.29, 1.82) is 0 Å². The molecule has 0 radical (unpaired) electrons. The fourth-order valence-electron chi connectivity index (χ4n) is 2.56. The number of amides is 1. The summed E-state index contributed by atoms with van der Waals surface area (Å²) in [5.41, 5.74) is 2.89. The normalized spacial score (nSPS) is 15.3. The molecule has 1 aliphatic heterocycles. The molecular formula is C17H27N3O. The molecule has 0 atom stereocenters. The minimum Gasteiger partial charge on any atom is -0.354 e. The van der Waals surface area contributed by atoms with Gasteiger partial charge in [-0.3, -0.25) is 14.6 Å². The van der Waals surface area contributed by atoms with Gasteiger partial charge in [-0.15, -0.1) is 0 Å². The van der Waals surface area contributed by atoms with Gasteiger partial charge in [0.1, 0.15) is 0 Å². The first-order chi connectivity index (χ1) is 10.1. The fraction of sp³-hybridized carbons (Fsp3) is 0.588. The lowest BCUT2D eigenvalue weighted by atomic mass is 10.00. The lowest BCUT2D eigenvalue weighted by molar-refractivity contribution is -0.122. The smallest absolute Gasteiger partial charge is 0.234 e. The van der Waals surface area contributed by atoms with Crippen molar-refractivity contribution in [3.63, 3.8) is 0 Å². The highest BCUT2D eigenvalue weighted by molar-refractivity contribution is 5.77. The van der Waals surface area contributed by atoms with E-state index >= 15 is 0 Å². The third-order valence-electron chi connectivity index (χ3n) is 4.23. The van der Waals surface area contributed by atoms with Crippen molar-refractivity contribution in [3.8, 4) is 0 Å². The van der Waals surface area contributed by atoms with E-state index in [0.29, 0.717) is 12.6 Å². The number of nitrogens with zero attached hydrogens (tertiary/aromatic N) is 2. The van der Waals surface area contributed by atoms with Crippen LogP contribution >= 0.6 is 0 Å². The van der Waals surface area contributed by atoms with Gasteiger partial charge in [-0.1, -0.05) is 24.3 Å². The van der Waals surface area contributed by atoms with E-state index in [4.69, 9.17) is 0 Å². The Balaban J connectivity index is 1.69. The molecule has 0 aromatic heterocycles. The minimum atomic E-state index is 0.114. The number of likely N-dealkylation sites (N-methyl/N-ethyl adjacent to an activating group) is 1. The summed E-state index contributed by atoms with van der Waals surface area (Å²) in [6.45, 7) is 8.40. The molecule has 4 heteroatoms. The molecule has 116 valence electrons. The van der Waals surface area contributed by atoms with Crippen LogP contribution in [0.3, 0.4) is 0 Å². The number of rotatable bonds is 6. The second kappa shape index (κ2) is 7.57. The molecule has 1 heterocycles. The van der Waals surface area contributed by atoms with Crippen LogP contribution in [0.2, 0.25) is 0 Å². The van der Waals surface area contributed by atoms with Crippen molar-refractivity contribution >= 4 is 5.91 Å². The van der Waals surface area contributed by atoms with Crippen LogP contribution in [0.1, 0.15) is 25.0 Å². The van der Waals surface area contributed by atoms with Crippen LogP contribution in [-0.2, 0) is 17.8 Å². The number of nitrogens with one attached hydrogen (secondary N) is 1. The van der Waals surface area contributed by atoms with E-state index in [1.807, 2.05) is 11.9 Å². The van der Waals surface area contributed by atoms with E-state index in [9.17, 15) is 4.79 Å². The van der Waals surface area contributed by atoms with Gasteiger partial charge in [0, 0.05) is 32.2 Å². The summed E-state index contributed by atoms with van der Waals surface area (Å²) in [5.74, 6) is 0.114. The molecule has 0 spiro atoms. The zero-order chi connectivity index (χ0) is 15.2. The Morgan fingerprint density at radius 2 is 2.05 bits per heavy atom. The second-order valence-corrected chi connectivity index (χ2v) is 6.15. The molecule has 1 aliphatic rings. The Kier molecular flexibility index (Phi) is 5.76. The Labute approximate surface area is 128 Å². The van der Waals surface area contributed by atoms with Gasteiger partial charge in [-0.25, -0.2) is 0 Å². The summed E-state index contributed by atoms with van der Waals surface area (Å²) in [6.07, 6.45) is 1.11. The molecule has 0 bridgehead atoms. The highest BCUT2D eigenvalue weighted by Gasteiger charge is 2.15. The zero-order valence-electron chi connectivity index (χ0n) is 13.4. The summed E-state index contributed by atoms with van der Waals surface area (Å²) in [4.78, 5) is 16.3. The molecule has 4 nitrogen and oxygen atoms in total. The van der Waals surface area contributed by atoms with Gasteiger partial charge in [-0.05, 0) is 38.4 Å². The van der Waals surface area contributed by atoms with E-state index in [1.165, 1.54) is 11.1 Å². The van der Waals surface area contributed by atoms with Gasteiger partial charge in [0.15, 0.2) is 0 Å². The molecule has 1 aromatic carbocycles. The molecule has 1 N–H and O–H groups in total. The highest BCUT2D eigenvalue weighted by atomic mass is 16.2. The molecule has 1 amide bonds. The molecule has 0 saturated carbocycles. The number of carbonyl (C=O) groups excluding carboxylic acids is 1. The monoisotopic (exact) mass is 289 g/mol. The predicted molar refractivity (Wildman–Crippen MR) is 86.2 cm³/mol. The number of carbonyl (C=O) groups is 1. The van der Waals surface area contributed by atoms with Crippen molar-refractivity contribution in [3.05, 3.63) is 35.4 Å². The maximum absolute atomic E-state index is 11.8. The van der Waals surface area contributed by atoms with Crippen LogP contribution in [0.5, 0.6) is 0 Å². The Hall–Kier alpha value is -1.39. The third kappa shape index (κ3) is 4.83. The Morgan fingerprint density at radius 3 is 2.76 bits per heavy atom. The van der Waals surface area contributed by atoms with E-state index < -0.39 is 0 Å². The van der Waals surface area contributed by atoms with Gasteiger partial charge in [0.2, 0.25) is 5.91 Å². The summed E-state index contributed by atoms with van der Waals surface area (Å²) >= 11 is 0. The lowest BCUT2D eigenvalue weighted by Crippen LogP contribution is -2.42. The first-order valence-corrected chi connectivity index (χ1v) is 7.82. The van der Waals surface area contributed by atoms with Crippen molar-refractivity contribution in [1.82, 2.24) is 15.1 Å². The Morgan fingerprint density at radius 1 is 1.33 bits per heavy atom. The third-order valence-corrected chi connectivity index (χ3v) is 4.23. The second-order valence-electron chi connectivity index (χ2n) is 6.15. The van der Waals surface area contributed by atoms with Gasteiger partial charge in [0.25, 0.3) is 0 Å². The summed E-state index contributed by atoms with van der Waals surface area (Å²) in [6, 6.07) is 9.04. The molecule has 21 heavy (non-hydrogen) atoms.